The zero-order valence-corrected chi connectivity index (χ0v) is 10.6. The molecule has 0 bridgehead atoms. The van der Waals surface area contributed by atoms with Gasteiger partial charge >= 0.3 is 5.97 Å². The van der Waals surface area contributed by atoms with Crippen molar-refractivity contribution in [2.75, 3.05) is 18.8 Å². The molecular weight excluding hydrogens is 246 g/mol. The number of carbonyl (C=O) groups excluding carboxylic acids is 1. The summed E-state index contributed by atoms with van der Waals surface area (Å²) < 4.78 is 0. The number of nitrogen functional groups attached to an aromatic ring is 1. The highest BCUT2D eigenvalue weighted by Gasteiger charge is 2.28. The van der Waals surface area contributed by atoms with Crippen LogP contribution < -0.4 is 5.73 Å². The van der Waals surface area contributed by atoms with Gasteiger partial charge in [-0.15, -0.1) is 0 Å². The van der Waals surface area contributed by atoms with Gasteiger partial charge in [-0.3, -0.25) is 9.59 Å². The lowest BCUT2D eigenvalue weighted by Gasteiger charge is -2.16. The Hall–Kier alpha value is -2.11. The number of likely N-dealkylation sites (tertiary alicyclic amines) is 1. The lowest BCUT2D eigenvalue weighted by molar-refractivity contribution is -0.137. The van der Waals surface area contributed by atoms with E-state index in [0.717, 1.165) is 6.42 Å². The molecule has 2 heterocycles. The summed E-state index contributed by atoms with van der Waals surface area (Å²) in [5, 5.41) is 8.66. The molecule has 3 N–H and O–H groups in total. The van der Waals surface area contributed by atoms with E-state index in [9.17, 15) is 9.59 Å². The number of hydrogen-bond donors (Lipinski definition) is 2. The summed E-state index contributed by atoms with van der Waals surface area (Å²) >= 11 is 0. The third kappa shape index (κ3) is 3.21. The van der Waals surface area contributed by atoms with Crippen molar-refractivity contribution in [1.29, 1.82) is 0 Å². The van der Waals surface area contributed by atoms with Crippen molar-refractivity contribution in [2.45, 2.75) is 19.3 Å². The smallest absolute Gasteiger partial charge is 0.303 e. The minimum absolute atomic E-state index is 0.151. The van der Waals surface area contributed by atoms with Gasteiger partial charge in [-0.05, 0) is 30.9 Å². The number of hydrogen-bond acceptors (Lipinski definition) is 4. The molecule has 1 aliphatic rings. The molecule has 6 heteroatoms. The number of carboxylic acid groups (broad SMARTS) is 1. The van der Waals surface area contributed by atoms with Crippen LogP contribution in [0.2, 0.25) is 0 Å². The Kier molecular flexibility index (Phi) is 3.99. The average Bonchev–Trinajstić information content (AvgIpc) is 2.85. The Morgan fingerprint density at radius 2 is 2.32 bits per heavy atom. The molecule has 0 aromatic carbocycles. The van der Waals surface area contributed by atoms with Crippen molar-refractivity contribution in [1.82, 2.24) is 9.88 Å². The number of carbonyl (C=O) groups is 2. The van der Waals surface area contributed by atoms with Crippen LogP contribution in [-0.4, -0.2) is 40.0 Å². The van der Waals surface area contributed by atoms with Gasteiger partial charge in [-0.1, -0.05) is 0 Å². The minimum atomic E-state index is -0.793. The van der Waals surface area contributed by atoms with Gasteiger partial charge in [0.15, 0.2) is 5.69 Å². The summed E-state index contributed by atoms with van der Waals surface area (Å²) in [5.41, 5.74) is 6.39. The van der Waals surface area contributed by atoms with Crippen LogP contribution in [0.25, 0.3) is 0 Å². The van der Waals surface area contributed by atoms with E-state index in [-0.39, 0.29) is 23.9 Å². The quantitative estimate of drug-likeness (QED) is 0.844. The predicted molar refractivity (Wildman–Crippen MR) is 69.5 cm³/mol. The fourth-order valence-electron chi connectivity index (χ4n) is 2.33. The maximum Gasteiger partial charge on any atom is 0.303 e. The van der Waals surface area contributed by atoms with E-state index in [1.54, 1.807) is 23.2 Å². The van der Waals surface area contributed by atoms with Crippen molar-refractivity contribution in [2.24, 2.45) is 5.92 Å². The molecule has 1 amide bonds. The number of nitrogens with two attached hydrogens (primary N) is 1. The topological polar surface area (TPSA) is 96.5 Å². The second-order valence-corrected chi connectivity index (χ2v) is 4.78. The van der Waals surface area contributed by atoms with E-state index in [2.05, 4.69) is 4.98 Å². The molecule has 1 atom stereocenters. The summed E-state index contributed by atoms with van der Waals surface area (Å²) in [6.45, 7) is 1.22. The normalized spacial score (nSPS) is 18.5. The molecule has 1 aliphatic heterocycles. The molecule has 1 unspecified atom stereocenters. The monoisotopic (exact) mass is 263 g/mol. The number of aromatic nitrogens is 1. The van der Waals surface area contributed by atoms with Crippen LogP contribution >= 0.6 is 0 Å². The number of anilines is 1. The molecule has 1 fully saturated rings. The fourth-order valence-corrected chi connectivity index (χ4v) is 2.33. The fraction of sp³-hybridized carbons (Fsp3) is 0.462. The highest BCUT2D eigenvalue weighted by Crippen LogP contribution is 2.23. The minimum Gasteiger partial charge on any atom is -0.481 e. The molecule has 102 valence electrons. The molecule has 6 nitrogen and oxygen atoms in total. The Balaban J connectivity index is 1.95. The van der Waals surface area contributed by atoms with Gasteiger partial charge < -0.3 is 15.7 Å². The largest absolute Gasteiger partial charge is 0.481 e. The summed E-state index contributed by atoms with van der Waals surface area (Å²) in [4.78, 5) is 28.5. The highest BCUT2D eigenvalue weighted by molar-refractivity contribution is 5.97. The molecule has 0 saturated carbocycles. The van der Waals surface area contributed by atoms with Crippen molar-refractivity contribution < 1.29 is 14.7 Å². The van der Waals surface area contributed by atoms with Crippen LogP contribution in [0.15, 0.2) is 18.3 Å². The molecule has 2 rings (SSSR count). The van der Waals surface area contributed by atoms with E-state index in [0.29, 0.717) is 25.2 Å². The molecule has 1 aromatic rings. The Labute approximate surface area is 111 Å². The SMILES string of the molecule is Nc1cccnc1C(=O)N1CCC(CCC(=O)O)C1. The Morgan fingerprint density at radius 3 is 3.00 bits per heavy atom. The van der Waals surface area contributed by atoms with E-state index >= 15 is 0 Å². The first-order valence-electron chi connectivity index (χ1n) is 6.29. The van der Waals surface area contributed by atoms with Gasteiger partial charge in [0, 0.05) is 25.7 Å². The first-order valence-corrected chi connectivity index (χ1v) is 6.29. The summed E-state index contributed by atoms with van der Waals surface area (Å²) in [5.74, 6) is -0.709. The van der Waals surface area contributed by atoms with Crippen LogP contribution in [0.1, 0.15) is 29.8 Å². The van der Waals surface area contributed by atoms with Crippen molar-refractivity contribution >= 4 is 17.6 Å². The van der Waals surface area contributed by atoms with E-state index in [1.807, 2.05) is 0 Å². The van der Waals surface area contributed by atoms with Crippen LogP contribution in [0.5, 0.6) is 0 Å². The van der Waals surface area contributed by atoms with E-state index < -0.39 is 5.97 Å². The maximum atomic E-state index is 12.2. The first kappa shape index (κ1) is 13.3. The number of amides is 1. The van der Waals surface area contributed by atoms with Gasteiger partial charge in [-0.25, -0.2) is 4.98 Å². The molecule has 1 aromatic heterocycles. The van der Waals surface area contributed by atoms with Crippen LogP contribution in [0.4, 0.5) is 5.69 Å². The number of carboxylic acids is 1. The molecule has 1 saturated heterocycles. The van der Waals surface area contributed by atoms with Crippen molar-refractivity contribution in [3.05, 3.63) is 24.0 Å². The molecular formula is C13H17N3O3. The number of pyridine rings is 1. The van der Waals surface area contributed by atoms with Gasteiger partial charge in [-0.2, -0.15) is 0 Å². The first-order chi connectivity index (χ1) is 9.08. The average molecular weight is 263 g/mol. The Morgan fingerprint density at radius 1 is 1.53 bits per heavy atom. The summed E-state index contributed by atoms with van der Waals surface area (Å²) in [7, 11) is 0. The van der Waals surface area contributed by atoms with Gasteiger partial charge in [0.25, 0.3) is 5.91 Å². The number of aliphatic carboxylic acids is 1. The summed E-state index contributed by atoms with van der Waals surface area (Å²) in [6.07, 6.45) is 3.14. The van der Waals surface area contributed by atoms with Crippen molar-refractivity contribution in [3.63, 3.8) is 0 Å². The van der Waals surface area contributed by atoms with E-state index in [1.165, 1.54) is 0 Å². The summed E-state index contributed by atoms with van der Waals surface area (Å²) in [6, 6.07) is 3.34. The lowest BCUT2D eigenvalue weighted by Crippen LogP contribution is -2.30. The molecule has 19 heavy (non-hydrogen) atoms. The predicted octanol–water partition coefficient (Wildman–Crippen LogP) is 0.991. The van der Waals surface area contributed by atoms with Crippen molar-refractivity contribution in [3.8, 4) is 0 Å². The number of rotatable bonds is 4. The molecule has 0 aliphatic carbocycles. The lowest BCUT2D eigenvalue weighted by atomic mass is 10.0. The zero-order chi connectivity index (χ0) is 13.8. The van der Waals surface area contributed by atoms with Gasteiger partial charge in [0.1, 0.15) is 0 Å². The van der Waals surface area contributed by atoms with Crippen LogP contribution in [0, 0.1) is 5.92 Å². The van der Waals surface area contributed by atoms with Crippen LogP contribution in [0.3, 0.4) is 0 Å². The van der Waals surface area contributed by atoms with E-state index in [4.69, 9.17) is 10.8 Å². The second kappa shape index (κ2) is 5.69. The Bertz CT molecular complexity index is 490. The molecule has 0 radical (unpaired) electrons. The highest BCUT2D eigenvalue weighted by atomic mass is 16.4. The zero-order valence-electron chi connectivity index (χ0n) is 10.6. The van der Waals surface area contributed by atoms with Crippen LogP contribution in [-0.2, 0) is 4.79 Å². The maximum absolute atomic E-state index is 12.2. The third-order valence-corrected chi connectivity index (χ3v) is 3.38. The number of nitrogens with zero attached hydrogens (tertiary/aromatic N) is 2. The van der Waals surface area contributed by atoms with Gasteiger partial charge in [0.05, 0.1) is 5.69 Å². The van der Waals surface area contributed by atoms with Gasteiger partial charge in [0.2, 0.25) is 0 Å². The standard InChI is InChI=1S/C13H17N3O3/c14-10-2-1-6-15-12(10)13(19)16-7-5-9(8-16)3-4-11(17)18/h1-2,6,9H,3-5,7-8,14H2,(H,17,18). The third-order valence-electron chi connectivity index (χ3n) is 3.38. The second-order valence-electron chi connectivity index (χ2n) is 4.78. The molecule has 0 spiro atoms.